The minimum atomic E-state index is -0.679. The number of fused-ring (bicyclic) bond motifs is 4. The highest BCUT2D eigenvalue weighted by atomic mass is 16.6. The third-order valence-electron chi connectivity index (χ3n) is 9.67. The Bertz CT molecular complexity index is 2640. The van der Waals surface area contributed by atoms with Crippen molar-refractivity contribution < 1.29 is 19.1 Å². The number of rotatable bonds is 4. The molecular weight excluding hydrogens is 757 g/mol. The van der Waals surface area contributed by atoms with Crippen molar-refractivity contribution in [3.63, 3.8) is 0 Å². The SMILES string of the molecule is C.Cc1nc2cccc(-c3cc4c([nH]3)CCNC4=O)c2nc1NC(C)(C)C.Cc1nc2cccc(-c3cc4c(n3C(=O)OC(C)(C)C)CCNC4=O)c2nc1NC(C)(C)C. The summed E-state index contributed by atoms with van der Waals surface area (Å²) in [6, 6.07) is 15.3. The fourth-order valence-corrected chi connectivity index (χ4v) is 7.24. The van der Waals surface area contributed by atoms with Crippen molar-refractivity contribution in [3.05, 3.63) is 82.4 Å². The normalized spacial score (nSPS) is 13.9. The zero-order chi connectivity index (χ0) is 42.6. The van der Waals surface area contributed by atoms with Gasteiger partial charge in [0.1, 0.15) is 28.3 Å². The second kappa shape index (κ2) is 16.0. The lowest BCUT2D eigenvalue weighted by molar-refractivity contribution is 0.0535. The summed E-state index contributed by atoms with van der Waals surface area (Å²) < 4.78 is 7.23. The van der Waals surface area contributed by atoms with Crippen LogP contribution in [0.25, 0.3) is 44.6 Å². The Labute approximate surface area is 351 Å². The van der Waals surface area contributed by atoms with Gasteiger partial charge in [0.25, 0.3) is 11.8 Å². The van der Waals surface area contributed by atoms with E-state index >= 15 is 0 Å². The topological polar surface area (TPSA) is 181 Å². The largest absolute Gasteiger partial charge is 0.443 e. The number of ether oxygens (including phenoxy) is 1. The minimum absolute atomic E-state index is 0. The molecule has 14 heteroatoms. The first-order valence-corrected chi connectivity index (χ1v) is 20.0. The first-order valence-electron chi connectivity index (χ1n) is 20.0. The highest BCUT2D eigenvalue weighted by Gasteiger charge is 2.31. The zero-order valence-corrected chi connectivity index (χ0v) is 35.8. The summed E-state index contributed by atoms with van der Waals surface area (Å²) >= 11 is 0. The molecule has 0 fully saturated rings. The number of benzene rings is 2. The van der Waals surface area contributed by atoms with E-state index in [2.05, 4.69) is 67.8 Å². The van der Waals surface area contributed by atoms with Crippen LogP contribution in [0.15, 0.2) is 48.5 Å². The Hall–Kier alpha value is -6.31. The van der Waals surface area contributed by atoms with Gasteiger partial charge in [-0.25, -0.2) is 29.3 Å². The van der Waals surface area contributed by atoms with Crippen molar-refractivity contribution in [2.75, 3.05) is 23.7 Å². The molecule has 0 radical (unpaired) electrons. The van der Waals surface area contributed by atoms with E-state index in [0.29, 0.717) is 58.9 Å². The molecule has 0 spiro atoms. The van der Waals surface area contributed by atoms with Crippen LogP contribution in [0.2, 0.25) is 0 Å². The fourth-order valence-electron chi connectivity index (χ4n) is 7.24. The van der Waals surface area contributed by atoms with Crippen molar-refractivity contribution >= 4 is 51.6 Å². The van der Waals surface area contributed by atoms with Gasteiger partial charge in [0.05, 0.1) is 39.2 Å². The van der Waals surface area contributed by atoms with Gasteiger partial charge in [-0.3, -0.25) is 9.59 Å². The molecule has 2 amide bonds. The lowest BCUT2D eigenvalue weighted by Gasteiger charge is -2.23. The number of nitrogens with one attached hydrogen (secondary N) is 5. The standard InChI is InChI=1S/C25H31N5O3.C20H23N5O.CH4/c1-14-21(29-24(2,3)4)28-20-15(9-8-10-17(20)27-14)19-13-16-18(11-12-26-22(16)31)30(19)23(32)33-25(5,6)7;1-11-18(25-20(2,3)4)24-17-12(6-5-7-15(17)22-11)16-10-13-14(23-16)8-9-21-19(13)26;/h8-10,13H,11-12H2,1-7H3,(H,26,31)(H,28,29);5-7,10,23H,8-9H2,1-4H3,(H,21,26)(H,24,25);1H4. The average molecular weight is 815 g/mol. The molecule has 14 nitrogen and oxygen atoms in total. The number of amides is 2. The van der Waals surface area contributed by atoms with Crippen LogP contribution in [-0.2, 0) is 17.6 Å². The average Bonchev–Trinajstić information content (AvgIpc) is 3.74. The molecule has 0 unspecified atom stereocenters. The molecule has 6 heterocycles. The van der Waals surface area contributed by atoms with Crippen LogP contribution in [0.4, 0.5) is 16.4 Å². The molecule has 5 N–H and O–H groups in total. The maximum Gasteiger partial charge on any atom is 0.419 e. The number of hydrogen-bond acceptors (Lipinski definition) is 10. The van der Waals surface area contributed by atoms with Crippen LogP contribution in [-0.4, -0.2) is 77.2 Å². The second-order valence-electron chi connectivity index (χ2n) is 18.2. The van der Waals surface area contributed by atoms with Crippen LogP contribution < -0.4 is 21.3 Å². The Morgan fingerprint density at radius 1 is 0.683 bits per heavy atom. The number of carbonyl (C=O) groups excluding carboxylic acids is 3. The molecule has 6 aromatic rings. The van der Waals surface area contributed by atoms with E-state index in [1.165, 1.54) is 4.57 Å². The summed E-state index contributed by atoms with van der Waals surface area (Å²) in [4.78, 5) is 60.6. The van der Waals surface area contributed by atoms with Crippen molar-refractivity contribution in [1.82, 2.24) is 40.1 Å². The summed E-state index contributed by atoms with van der Waals surface area (Å²) in [5, 5.41) is 12.6. The first-order chi connectivity index (χ1) is 27.7. The van der Waals surface area contributed by atoms with Crippen LogP contribution in [0.1, 0.15) is 113 Å². The van der Waals surface area contributed by atoms with Gasteiger partial charge in [0, 0.05) is 65.2 Å². The molecule has 0 saturated heterocycles. The van der Waals surface area contributed by atoms with E-state index in [4.69, 9.17) is 24.7 Å². The first kappa shape index (κ1) is 43.3. The summed E-state index contributed by atoms with van der Waals surface area (Å²) in [5.41, 5.74) is 9.66. The summed E-state index contributed by atoms with van der Waals surface area (Å²) in [6.45, 7) is 23.0. The number of para-hydroxylation sites is 2. The van der Waals surface area contributed by atoms with E-state index < -0.39 is 11.7 Å². The number of aromatic amines is 1. The molecule has 0 bridgehead atoms. The van der Waals surface area contributed by atoms with Gasteiger partial charge in [-0.2, -0.15) is 0 Å². The van der Waals surface area contributed by atoms with E-state index in [9.17, 15) is 14.4 Å². The van der Waals surface area contributed by atoms with Gasteiger partial charge < -0.3 is 31.0 Å². The van der Waals surface area contributed by atoms with E-state index in [-0.39, 0.29) is 30.3 Å². The number of anilines is 2. The summed E-state index contributed by atoms with van der Waals surface area (Å²) in [7, 11) is 0. The Morgan fingerprint density at radius 2 is 1.20 bits per heavy atom. The molecule has 0 aliphatic carbocycles. The van der Waals surface area contributed by atoms with Gasteiger partial charge in [-0.15, -0.1) is 0 Å². The van der Waals surface area contributed by atoms with Crippen molar-refractivity contribution in [2.45, 2.75) is 113 Å². The fraction of sp³-hybridized carbons (Fsp3) is 0.413. The lowest BCUT2D eigenvalue weighted by Crippen LogP contribution is -2.34. The number of aromatic nitrogens is 6. The lowest BCUT2D eigenvalue weighted by atomic mass is 10.1. The van der Waals surface area contributed by atoms with E-state index in [1.807, 2.05) is 77.1 Å². The number of carbonyl (C=O) groups is 3. The number of nitrogens with zero attached hydrogens (tertiary/aromatic N) is 5. The molecule has 2 aliphatic rings. The van der Waals surface area contributed by atoms with Crippen LogP contribution in [0.5, 0.6) is 0 Å². The van der Waals surface area contributed by atoms with Gasteiger partial charge in [0.15, 0.2) is 0 Å². The molecule has 2 aliphatic heterocycles. The number of aryl methyl sites for hydroxylation is 2. The molecule has 0 saturated carbocycles. The molecule has 0 atom stereocenters. The molecule has 60 heavy (non-hydrogen) atoms. The third-order valence-corrected chi connectivity index (χ3v) is 9.67. The van der Waals surface area contributed by atoms with Crippen molar-refractivity contribution in [1.29, 1.82) is 0 Å². The Morgan fingerprint density at radius 3 is 1.73 bits per heavy atom. The molecule has 2 aromatic carbocycles. The Kier molecular flexibility index (Phi) is 11.6. The monoisotopic (exact) mass is 814 g/mol. The maximum absolute atomic E-state index is 13.3. The van der Waals surface area contributed by atoms with Gasteiger partial charge >= 0.3 is 6.09 Å². The Balaban J connectivity index is 0.000000203. The van der Waals surface area contributed by atoms with Crippen LogP contribution in [0, 0.1) is 13.8 Å². The molecular formula is C46H58N10O4. The highest BCUT2D eigenvalue weighted by Crippen LogP contribution is 2.35. The smallest absolute Gasteiger partial charge is 0.419 e. The van der Waals surface area contributed by atoms with Gasteiger partial charge in [0.2, 0.25) is 0 Å². The molecule has 8 rings (SSSR count). The summed E-state index contributed by atoms with van der Waals surface area (Å²) in [6.07, 6.45) is 0.832. The number of hydrogen-bond donors (Lipinski definition) is 5. The van der Waals surface area contributed by atoms with Crippen LogP contribution in [0.3, 0.4) is 0 Å². The van der Waals surface area contributed by atoms with Crippen LogP contribution >= 0.6 is 0 Å². The highest BCUT2D eigenvalue weighted by molar-refractivity contribution is 6.02. The maximum atomic E-state index is 13.3. The van der Waals surface area contributed by atoms with Gasteiger partial charge in [-0.05, 0) is 100 Å². The zero-order valence-electron chi connectivity index (χ0n) is 35.8. The van der Waals surface area contributed by atoms with E-state index in [0.717, 1.165) is 57.2 Å². The predicted molar refractivity (Wildman–Crippen MR) is 239 cm³/mol. The quantitative estimate of drug-likeness (QED) is 0.115. The van der Waals surface area contributed by atoms with E-state index in [1.54, 1.807) is 6.07 Å². The predicted octanol–water partition coefficient (Wildman–Crippen LogP) is 8.75. The van der Waals surface area contributed by atoms with Crippen molar-refractivity contribution in [2.24, 2.45) is 0 Å². The third kappa shape index (κ3) is 9.12. The second-order valence-corrected chi connectivity index (χ2v) is 18.2. The minimum Gasteiger partial charge on any atom is -0.443 e. The molecule has 4 aromatic heterocycles. The van der Waals surface area contributed by atoms with Gasteiger partial charge in [-0.1, -0.05) is 31.7 Å². The number of H-pyrrole nitrogens is 1. The summed E-state index contributed by atoms with van der Waals surface area (Å²) in [5.74, 6) is 1.25. The van der Waals surface area contributed by atoms with Crippen molar-refractivity contribution in [3.8, 4) is 22.5 Å². The molecule has 316 valence electrons.